The summed E-state index contributed by atoms with van der Waals surface area (Å²) in [7, 11) is 0. The van der Waals surface area contributed by atoms with Gasteiger partial charge in [-0.15, -0.1) is 0 Å². The number of thiazole rings is 1. The zero-order chi connectivity index (χ0) is 14.2. The fourth-order valence-electron chi connectivity index (χ4n) is 2.65. The van der Waals surface area contributed by atoms with Crippen LogP contribution in [0.3, 0.4) is 0 Å². The molecule has 3 nitrogen and oxygen atoms in total. The van der Waals surface area contributed by atoms with Crippen molar-refractivity contribution < 1.29 is 5.11 Å². The molecule has 0 spiro atoms. The molecule has 1 fully saturated rings. The van der Waals surface area contributed by atoms with Crippen molar-refractivity contribution in [3.63, 3.8) is 0 Å². The van der Waals surface area contributed by atoms with Gasteiger partial charge in [0.2, 0.25) is 0 Å². The molecule has 1 aromatic rings. The van der Waals surface area contributed by atoms with Gasteiger partial charge in [0, 0.05) is 13.1 Å². The fraction of sp³-hybridized carbons (Fsp3) is 0.800. The van der Waals surface area contributed by atoms with Crippen molar-refractivity contribution in [3.8, 4) is 0 Å². The molecule has 1 aromatic heterocycles. The third kappa shape index (κ3) is 3.29. The summed E-state index contributed by atoms with van der Waals surface area (Å²) in [6, 6.07) is 0. The minimum Gasteiger partial charge on any atom is -0.385 e. The highest BCUT2D eigenvalue weighted by Crippen LogP contribution is 2.38. The van der Waals surface area contributed by atoms with E-state index >= 15 is 0 Å². The van der Waals surface area contributed by atoms with Crippen LogP contribution in [0.1, 0.15) is 63.9 Å². The van der Waals surface area contributed by atoms with Crippen LogP contribution in [0.4, 0.5) is 5.13 Å². The second kappa shape index (κ2) is 5.41. The van der Waals surface area contributed by atoms with Gasteiger partial charge < -0.3 is 10.0 Å². The Labute approximate surface area is 120 Å². The highest BCUT2D eigenvalue weighted by molar-refractivity contribution is 7.15. The normalized spacial score (nSPS) is 21.2. The molecule has 1 aliphatic heterocycles. The van der Waals surface area contributed by atoms with Gasteiger partial charge in [0.1, 0.15) is 0 Å². The molecule has 0 amide bonds. The maximum Gasteiger partial charge on any atom is 0.185 e. The van der Waals surface area contributed by atoms with Crippen LogP contribution in [0, 0.1) is 5.92 Å². The second-order valence-electron chi connectivity index (χ2n) is 6.62. The molecule has 0 saturated carbocycles. The predicted octanol–water partition coefficient (Wildman–Crippen LogP) is 3.73. The number of hydrogen-bond acceptors (Lipinski definition) is 4. The molecule has 1 atom stereocenters. The summed E-state index contributed by atoms with van der Waals surface area (Å²) in [5.74, 6) is 1.10. The molecule has 2 heterocycles. The minimum atomic E-state index is -0.795. The van der Waals surface area contributed by atoms with Crippen molar-refractivity contribution in [2.75, 3.05) is 18.0 Å². The topological polar surface area (TPSA) is 36.4 Å². The van der Waals surface area contributed by atoms with E-state index in [1.165, 1.54) is 12.8 Å². The number of rotatable bonds is 3. The first-order valence-corrected chi connectivity index (χ1v) is 8.09. The molecule has 19 heavy (non-hydrogen) atoms. The summed E-state index contributed by atoms with van der Waals surface area (Å²) < 4.78 is 0. The lowest BCUT2D eigenvalue weighted by Gasteiger charge is -2.30. The number of piperidine rings is 1. The number of aliphatic hydroxyl groups is 1. The summed E-state index contributed by atoms with van der Waals surface area (Å²) in [5.41, 5.74) is 0.266. The van der Waals surface area contributed by atoms with Gasteiger partial charge in [-0.3, -0.25) is 0 Å². The first kappa shape index (κ1) is 14.8. The highest BCUT2D eigenvalue weighted by Gasteiger charge is 2.28. The molecule has 1 saturated heterocycles. The van der Waals surface area contributed by atoms with Gasteiger partial charge in [0.25, 0.3) is 0 Å². The van der Waals surface area contributed by atoms with E-state index in [0.29, 0.717) is 5.92 Å². The Bertz CT molecular complexity index is 434. The van der Waals surface area contributed by atoms with Gasteiger partial charge in [-0.05, 0) is 38.5 Å². The largest absolute Gasteiger partial charge is 0.385 e. The first-order chi connectivity index (χ1) is 8.79. The monoisotopic (exact) mass is 282 g/mol. The average molecular weight is 282 g/mol. The van der Waals surface area contributed by atoms with Crippen LogP contribution in [0.25, 0.3) is 0 Å². The van der Waals surface area contributed by atoms with Crippen molar-refractivity contribution in [2.24, 2.45) is 5.92 Å². The van der Waals surface area contributed by atoms with E-state index < -0.39 is 5.60 Å². The van der Waals surface area contributed by atoms with E-state index in [4.69, 9.17) is 4.98 Å². The zero-order valence-corrected chi connectivity index (χ0v) is 13.5. The minimum absolute atomic E-state index is 0.355. The van der Waals surface area contributed by atoms with E-state index in [2.05, 4.69) is 25.7 Å². The molecule has 0 radical (unpaired) electrons. The third-order valence-corrected chi connectivity index (χ3v) is 5.12. The van der Waals surface area contributed by atoms with Crippen molar-refractivity contribution in [1.29, 1.82) is 0 Å². The lowest BCUT2D eigenvalue weighted by Crippen LogP contribution is -2.34. The molecular weight excluding hydrogens is 256 g/mol. The van der Waals surface area contributed by atoms with Crippen molar-refractivity contribution in [2.45, 2.75) is 59.0 Å². The summed E-state index contributed by atoms with van der Waals surface area (Å²) in [5, 5.41) is 11.4. The Morgan fingerprint density at radius 2 is 2.11 bits per heavy atom. The van der Waals surface area contributed by atoms with Gasteiger partial charge in [0.15, 0.2) is 5.13 Å². The van der Waals surface area contributed by atoms with E-state index in [-0.39, 0.29) is 0 Å². The van der Waals surface area contributed by atoms with Gasteiger partial charge in [0.05, 0.1) is 16.2 Å². The van der Waals surface area contributed by atoms with E-state index in [1.54, 1.807) is 11.3 Å². The number of nitrogens with zero attached hydrogens (tertiary/aromatic N) is 2. The highest BCUT2D eigenvalue weighted by atomic mass is 32.1. The maximum atomic E-state index is 10.3. The van der Waals surface area contributed by atoms with Gasteiger partial charge in [-0.25, -0.2) is 4.98 Å². The Hall–Kier alpha value is -0.610. The van der Waals surface area contributed by atoms with Crippen LogP contribution in [0.15, 0.2) is 0 Å². The predicted molar refractivity (Wildman–Crippen MR) is 82.1 cm³/mol. The molecule has 2 rings (SSSR count). The Morgan fingerprint density at radius 1 is 1.42 bits per heavy atom. The van der Waals surface area contributed by atoms with E-state index in [1.807, 2.05) is 13.8 Å². The SMILES string of the molecule is CC1CCCN(c2nc(C(C)C)c(C(C)(C)O)s2)C1. The van der Waals surface area contributed by atoms with Crippen LogP contribution in [0.2, 0.25) is 0 Å². The van der Waals surface area contributed by atoms with Gasteiger partial charge in [-0.2, -0.15) is 0 Å². The first-order valence-electron chi connectivity index (χ1n) is 7.27. The fourth-order valence-corrected chi connectivity index (χ4v) is 3.91. The third-order valence-electron chi connectivity index (χ3n) is 3.67. The zero-order valence-electron chi connectivity index (χ0n) is 12.7. The van der Waals surface area contributed by atoms with Crippen molar-refractivity contribution in [3.05, 3.63) is 10.6 Å². The van der Waals surface area contributed by atoms with Crippen LogP contribution in [0.5, 0.6) is 0 Å². The van der Waals surface area contributed by atoms with Gasteiger partial charge in [-0.1, -0.05) is 32.1 Å². The van der Waals surface area contributed by atoms with Crippen LogP contribution in [-0.4, -0.2) is 23.2 Å². The summed E-state index contributed by atoms with van der Waals surface area (Å²) in [6.45, 7) is 12.5. The van der Waals surface area contributed by atoms with Crippen molar-refractivity contribution >= 4 is 16.5 Å². The summed E-state index contributed by atoms with van der Waals surface area (Å²) >= 11 is 1.67. The molecule has 1 unspecified atom stereocenters. The van der Waals surface area contributed by atoms with Crippen LogP contribution < -0.4 is 4.90 Å². The smallest absolute Gasteiger partial charge is 0.185 e. The second-order valence-corrected chi connectivity index (χ2v) is 7.60. The molecule has 1 N–H and O–H groups in total. The van der Waals surface area contributed by atoms with Crippen molar-refractivity contribution in [1.82, 2.24) is 4.98 Å². The maximum absolute atomic E-state index is 10.3. The summed E-state index contributed by atoms with van der Waals surface area (Å²) in [6.07, 6.45) is 2.56. The molecule has 0 aliphatic carbocycles. The number of anilines is 1. The lowest BCUT2D eigenvalue weighted by atomic mass is 10.0. The standard InChI is InChI=1S/C15H26N2OS/c1-10(2)12-13(15(4,5)18)19-14(16-12)17-8-6-7-11(3)9-17/h10-11,18H,6-9H2,1-5H3. The molecular formula is C15H26N2OS. The molecule has 1 aliphatic rings. The molecule has 108 valence electrons. The molecule has 4 heteroatoms. The van der Waals surface area contributed by atoms with Gasteiger partial charge >= 0.3 is 0 Å². The van der Waals surface area contributed by atoms with E-state index in [0.717, 1.165) is 34.7 Å². The Balaban J connectivity index is 2.32. The van der Waals surface area contributed by atoms with Crippen LogP contribution >= 0.6 is 11.3 Å². The lowest BCUT2D eigenvalue weighted by molar-refractivity contribution is 0.0811. The number of aromatic nitrogens is 1. The molecule has 0 aromatic carbocycles. The van der Waals surface area contributed by atoms with E-state index in [9.17, 15) is 5.11 Å². The number of hydrogen-bond donors (Lipinski definition) is 1. The molecule has 0 bridgehead atoms. The summed E-state index contributed by atoms with van der Waals surface area (Å²) in [4.78, 5) is 8.23. The Kier molecular flexibility index (Phi) is 4.21. The Morgan fingerprint density at radius 3 is 2.58 bits per heavy atom. The average Bonchev–Trinajstić information content (AvgIpc) is 2.73. The quantitative estimate of drug-likeness (QED) is 0.917. The van der Waals surface area contributed by atoms with Crippen LogP contribution in [-0.2, 0) is 5.60 Å².